The second kappa shape index (κ2) is 8.12. The monoisotopic (exact) mass is 345 g/mol. The number of carbonyl (C=O) groups excluding carboxylic acids is 2. The van der Waals surface area contributed by atoms with E-state index in [-0.39, 0.29) is 16.8 Å². The highest BCUT2D eigenvalue weighted by atomic mass is 35.5. The van der Waals surface area contributed by atoms with E-state index >= 15 is 0 Å². The number of rotatable bonds is 4. The number of carbonyl (C=O) groups is 2. The molecule has 0 bridgehead atoms. The molecule has 0 radical (unpaired) electrons. The fraction of sp³-hybridized carbons (Fsp3) is 0.118. The predicted molar refractivity (Wildman–Crippen MR) is 91.9 cm³/mol. The molecule has 2 amide bonds. The highest BCUT2D eigenvalue weighted by molar-refractivity contribution is 6.35. The van der Waals surface area contributed by atoms with Gasteiger partial charge in [0.25, 0.3) is 0 Å². The van der Waals surface area contributed by atoms with Gasteiger partial charge in [-0.05, 0) is 36.2 Å². The number of nitrogens with one attached hydrogen (secondary N) is 2. The van der Waals surface area contributed by atoms with Crippen LogP contribution in [0.1, 0.15) is 24.1 Å². The first-order valence-electron chi connectivity index (χ1n) is 7.14. The quantitative estimate of drug-likeness (QED) is 0.451. The molecule has 6 nitrogen and oxygen atoms in total. The summed E-state index contributed by atoms with van der Waals surface area (Å²) in [6, 6.07) is 13.4. The smallest absolute Gasteiger partial charge is 0.329 e. The Morgan fingerprint density at radius 1 is 1.17 bits per heavy atom. The van der Waals surface area contributed by atoms with E-state index < -0.39 is 11.8 Å². The van der Waals surface area contributed by atoms with Crippen LogP contribution in [0, 0.1) is 0 Å². The molecule has 0 saturated heterocycles. The number of hydrogen-bond acceptors (Lipinski definition) is 4. The van der Waals surface area contributed by atoms with Crippen molar-refractivity contribution >= 4 is 29.6 Å². The van der Waals surface area contributed by atoms with Gasteiger partial charge in [0, 0.05) is 0 Å². The molecule has 3 N–H and O–H groups in total. The maximum Gasteiger partial charge on any atom is 0.329 e. The normalized spacial score (nSPS) is 11.9. The van der Waals surface area contributed by atoms with Crippen LogP contribution < -0.4 is 10.7 Å². The number of hydrogen-bond donors (Lipinski definition) is 3. The molecule has 7 heteroatoms. The van der Waals surface area contributed by atoms with Gasteiger partial charge >= 0.3 is 11.8 Å². The Morgan fingerprint density at radius 3 is 2.54 bits per heavy atom. The minimum Gasteiger partial charge on any atom is -0.506 e. The zero-order valence-electron chi connectivity index (χ0n) is 12.9. The summed E-state index contributed by atoms with van der Waals surface area (Å²) in [5.74, 6) is -1.71. The van der Waals surface area contributed by atoms with E-state index in [1.807, 2.05) is 30.3 Å². The molecule has 0 saturated carbocycles. The molecule has 0 aliphatic heterocycles. The largest absolute Gasteiger partial charge is 0.506 e. The number of amides is 2. The maximum absolute atomic E-state index is 11.8. The van der Waals surface area contributed by atoms with Gasteiger partial charge in [-0.25, -0.2) is 5.43 Å². The number of phenolic OH excluding ortho intramolecular Hbond substituents is 1. The molecule has 2 aromatic carbocycles. The van der Waals surface area contributed by atoms with E-state index in [1.54, 1.807) is 13.0 Å². The van der Waals surface area contributed by atoms with E-state index in [0.29, 0.717) is 5.56 Å². The van der Waals surface area contributed by atoms with Crippen molar-refractivity contribution in [3.63, 3.8) is 0 Å². The summed E-state index contributed by atoms with van der Waals surface area (Å²) in [6.45, 7) is 1.78. The average Bonchev–Trinajstić information content (AvgIpc) is 2.58. The summed E-state index contributed by atoms with van der Waals surface area (Å²) in [5.41, 5.74) is 3.59. The van der Waals surface area contributed by atoms with Gasteiger partial charge in [-0.1, -0.05) is 41.9 Å². The second-order valence-corrected chi connectivity index (χ2v) is 5.42. The third-order valence-electron chi connectivity index (χ3n) is 3.20. The zero-order chi connectivity index (χ0) is 17.5. The summed E-state index contributed by atoms with van der Waals surface area (Å²) in [6.07, 6.45) is 1.32. The second-order valence-electron chi connectivity index (χ2n) is 5.02. The molecule has 0 unspecified atom stereocenters. The van der Waals surface area contributed by atoms with Gasteiger partial charge in [-0.15, -0.1) is 0 Å². The van der Waals surface area contributed by atoms with Gasteiger partial charge in [-0.2, -0.15) is 5.10 Å². The fourth-order valence-corrected chi connectivity index (χ4v) is 2.10. The van der Waals surface area contributed by atoms with Gasteiger partial charge in [-0.3, -0.25) is 9.59 Å². The molecule has 0 aliphatic rings. The number of hydrazone groups is 1. The number of halogens is 1. The van der Waals surface area contributed by atoms with E-state index in [1.165, 1.54) is 18.3 Å². The highest BCUT2D eigenvalue weighted by Crippen LogP contribution is 2.22. The van der Waals surface area contributed by atoms with Crippen LogP contribution in [0.15, 0.2) is 53.6 Å². The number of phenols is 1. The number of aromatic hydroxyl groups is 1. The van der Waals surface area contributed by atoms with Crippen LogP contribution in [0.5, 0.6) is 5.75 Å². The van der Waals surface area contributed by atoms with Crippen molar-refractivity contribution in [1.82, 2.24) is 10.7 Å². The Hall–Kier alpha value is -2.86. The molecule has 0 heterocycles. The van der Waals surface area contributed by atoms with Crippen LogP contribution >= 0.6 is 11.6 Å². The molecule has 0 fully saturated rings. The maximum atomic E-state index is 11.8. The molecule has 2 rings (SSSR count). The first kappa shape index (κ1) is 17.5. The molecule has 2 aromatic rings. The molecule has 124 valence electrons. The molecular formula is C17H16ClN3O3. The lowest BCUT2D eigenvalue weighted by molar-refractivity contribution is -0.139. The number of benzene rings is 2. The van der Waals surface area contributed by atoms with Crippen molar-refractivity contribution in [3.8, 4) is 5.75 Å². The SMILES string of the molecule is C[C@@H](NC(=O)C(=O)N/N=C/c1ccc(O)c(Cl)c1)c1ccccc1. The van der Waals surface area contributed by atoms with Crippen LogP contribution in [0.2, 0.25) is 5.02 Å². The van der Waals surface area contributed by atoms with Crippen molar-refractivity contribution in [3.05, 3.63) is 64.7 Å². The molecule has 0 aliphatic carbocycles. The predicted octanol–water partition coefficient (Wildman–Crippen LogP) is 2.37. The van der Waals surface area contributed by atoms with Gasteiger partial charge in [0.05, 0.1) is 17.3 Å². The third-order valence-corrected chi connectivity index (χ3v) is 3.51. The van der Waals surface area contributed by atoms with Gasteiger partial charge < -0.3 is 10.4 Å². The van der Waals surface area contributed by atoms with Crippen molar-refractivity contribution in [2.24, 2.45) is 5.10 Å². The summed E-state index contributed by atoms with van der Waals surface area (Å²) in [4.78, 5) is 23.5. The Morgan fingerprint density at radius 2 is 1.88 bits per heavy atom. The zero-order valence-corrected chi connectivity index (χ0v) is 13.6. The highest BCUT2D eigenvalue weighted by Gasteiger charge is 2.16. The van der Waals surface area contributed by atoms with E-state index in [2.05, 4.69) is 15.8 Å². The molecular weight excluding hydrogens is 330 g/mol. The van der Waals surface area contributed by atoms with Crippen molar-refractivity contribution in [2.75, 3.05) is 0 Å². The van der Waals surface area contributed by atoms with Crippen LogP contribution in [-0.2, 0) is 9.59 Å². The average molecular weight is 346 g/mol. The van der Waals surface area contributed by atoms with E-state index in [4.69, 9.17) is 11.6 Å². The van der Waals surface area contributed by atoms with Crippen LogP contribution in [0.4, 0.5) is 0 Å². The molecule has 0 aromatic heterocycles. The Labute approximate surface area is 144 Å². The Kier molecular flexibility index (Phi) is 5.92. The summed E-state index contributed by atoms with van der Waals surface area (Å²) in [5, 5.41) is 15.7. The first-order valence-corrected chi connectivity index (χ1v) is 7.52. The first-order chi connectivity index (χ1) is 11.5. The molecule has 0 spiro atoms. The van der Waals surface area contributed by atoms with Gasteiger partial charge in [0.15, 0.2) is 0 Å². The lowest BCUT2D eigenvalue weighted by Gasteiger charge is -2.13. The Balaban J connectivity index is 1.88. The van der Waals surface area contributed by atoms with Crippen LogP contribution in [-0.4, -0.2) is 23.1 Å². The summed E-state index contributed by atoms with van der Waals surface area (Å²) >= 11 is 5.76. The minimum atomic E-state index is -0.876. The van der Waals surface area contributed by atoms with Crippen molar-refractivity contribution < 1.29 is 14.7 Å². The lowest BCUT2D eigenvalue weighted by atomic mass is 10.1. The standard InChI is InChI=1S/C17H16ClN3O3/c1-11(13-5-3-2-4-6-13)20-16(23)17(24)21-19-10-12-7-8-15(22)14(18)9-12/h2-11,22H,1H3,(H,20,23)(H,21,24)/b19-10+/t11-/m1/s1. The van der Waals surface area contributed by atoms with E-state index in [9.17, 15) is 14.7 Å². The van der Waals surface area contributed by atoms with Crippen molar-refractivity contribution in [1.29, 1.82) is 0 Å². The topological polar surface area (TPSA) is 90.8 Å². The number of nitrogens with zero attached hydrogens (tertiary/aromatic N) is 1. The van der Waals surface area contributed by atoms with Crippen LogP contribution in [0.3, 0.4) is 0 Å². The summed E-state index contributed by atoms with van der Waals surface area (Å²) < 4.78 is 0. The van der Waals surface area contributed by atoms with E-state index in [0.717, 1.165) is 5.56 Å². The fourth-order valence-electron chi connectivity index (χ4n) is 1.91. The van der Waals surface area contributed by atoms with Crippen LogP contribution in [0.25, 0.3) is 0 Å². The molecule has 24 heavy (non-hydrogen) atoms. The Bertz CT molecular complexity index is 763. The molecule has 1 atom stereocenters. The van der Waals surface area contributed by atoms with Gasteiger partial charge in [0.2, 0.25) is 0 Å². The minimum absolute atomic E-state index is 0.0490. The lowest BCUT2D eigenvalue weighted by Crippen LogP contribution is -2.39. The van der Waals surface area contributed by atoms with Crippen molar-refractivity contribution in [2.45, 2.75) is 13.0 Å². The summed E-state index contributed by atoms with van der Waals surface area (Å²) in [7, 11) is 0. The third kappa shape index (κ3) is 4.82. The van der Waals surface area contributed by atoms with Gasteiger partial charge in [0.1, 0.15) is 5.75 Å².